The third kappa shape index (κ3) is 2.24. The van der Waals surface area contributed by atoms with Gasteiger partial charge in [0.15, 0.2) is 5.65 Å². The van der Waals surface area contributed by atoms with Gasteiger partial charge in [-0.3, -0.25) is 0 Å². The lowest BCUT2D eigenvalue weighted by atomic mass is 10.3. The van der Waals surface area contributed by atoms with Crippen LogP contribution in [0.5, 0.6) is 0 Å². The van der Waals surface area contributed by atoms with Gasteiger partial charge in [-0.2, -0.15) is 4.98 Å². The van der Waals surface area contributed by atoms with Crippen LogP contribution in [0.2, 0.25) is 0 Å². The van der Waals surface area contributed by atoms with Crippen LogP contribution in [0.3, 0.4) is 0 Å². The summed E-state index contributed by atoms with van der Waals surface area (Å²) >= 11 is 0. The van der Waals surface area contributed by atoms with E-state index in [1.165, 1.54) is 0 Å². The molecule has 0 aliphatic rings. The number of aromatic nitrogens is 3. The van der Waals surface area contributed by atoms with E-state index in [4.69, 9.17) is 5.11 Å². The summed E-state index contributed by atoms with van der Waals surface area (Å²) in [5, 5.41) is 16.3. The van der Waals surface area contributed by atoms with E-state index < -0.39 is 6.10 Å². The van der Waals surface area contributed by atoms with Gasteiger partial charge in [-0.05, 0) is 25.5 Å². The molecule has 5 nitrogen and oxygen atoms in total. The number of hydrogen-bond acceptors (Lipinski definition) is 4. The minimum Gasteiger partial charge on any atom is -0.392 e. The zero-order chi connectivity index (χ0) is 10.8. The zero-order valence-electron chi connectivity index (χ0n) is 8.81. The molecule has 1 atom stereocenters. The topological polar surface area (TPSA) is 62.5 Å². The predicted molar refractivity (Wildman–Crippen MR) is 57.9 cm³/mol. The molecule has 0 aromatic carbocycles. The van der Waals surface area contributed by atoms with Crippen LogP contribution in [0.4, 0.5) is 5.95 Å². The third-order valence-electron chi connectivity index (χ3n) is 2.03. The number of nitrogens with one attached hydrogen (secondary N) is 1. The van der Waals surface area contributed by atoms with Crippen molar-refractivity contribution in [3.63, 3.8) is 0 Å². The Labute approximate surface area is 87.8 Å². The van der Waals surface area contributed by atoms with E-state index in [0.29, 0.717) is 12.5 Å². The van der Waals surface area contributed by atoms with Crippen LogP contribution in [0.25, 0.3) is 5.65 Å². The highest BCUT2D eigenvalue weighted by molar-refractivity contribution is 5.44. The Bertz CT molecular complexity index is 463. The van der Waals surface area contributed by atoms with Gasteiger partial charge in [0.25, 0.3) is 0 Å². The van der Waals surface area contributed by atoms with Crippen molar-refractivity contribution in [2.45, 2.75) is 20.0 Å². The number of aryl methyl sites for hydroxylation is 1. The molecule has 2 N–H and O–H groups in total. The van der Waals surface area contributed by atoms with E-state index in [9.17, 15) is 0 Å². The van der Waals surface area contributed by atoms with Crippen molar-refractivity contribution in [2.24, 2.45) is 0 Å². The van der Waals surface area contributed by atoms with Crippen LogP contribution >= 0.6 is 0 Å². The van der Waals surface area contributed by atoms with E-state index in [-0.39, 0.29) is 0 Å². The van der Waals surface area contributed by atoms with Gasteiger partial charge in [-0.1, -0.05) is 6.07 Å². The lowest BCUT2D eigenvalue weighted by molar-refractivity contribution is 0.208. The summed E-state index contributed by atoms with van der Waals surface area (Å²) in [6.45, 7) is 4.17. The molecule has 0 saturated carbocycles. The SMILES string of the molecule is Cc1ccc2nc(NCC(C)O)nn2c1. The zero-order valence-corrected chi connectivity index (χ0v) is 8.81. The summed E-state index contributed by atoms with van der Waals surface area (Å²) in [4.78, 5) is 4.26. The Morgan fingerprint density at radius 2 is 2.33 bits per heavy atom. The number of pyridine rings is 1. The molecule has 15 heavy (non-hydrogen) atoms. The maximum absolute atomic E-state index is 9.11. The molecule has 2 aromatic rings. The molecule has 2 aromatic heterocycles. The van der Waals surface area contributed by atoms with Crippen molar-refractivity contribution in [1.82, 2.24) is 14.6 Å². The van der Waals surface area contributed by atoms with E-state index in [1.54, 1.807) is 11.4 Å². The summed E-state index contributed by atoms with van der Waals surface area (Å²) < 4.78 is 1.72. The second kappa shape index (κ2) is 3.86. The second-order valence-electron chi connectivity index (χ2n) is 3.67. The van der Waals surface area contributed by atoms with E-state index in [2.05, 4.69) is 15.4 Å². The molecule has 0 saturated heterocycles. The molecule has 5 heteroatoms. The molecular weight excluding hydrogens is 192 g/mol. The van der Waals surface area contributed by atoms with Gasteiger partial charge in [0, 0.05) is 12.7 Å². The van der Waals surface area contributed by atoms with Crippen LogP contribution in [0, 0.1) is 6.92 Å². The highest BCUT2D eigenvalue weighted by Crippen LogP contribution is 2.06. The fourth-order valence-corrected chi connectivity index (χ4v) is 1.30. The second-order valence-corrected chi connectivity index (χ2v) is 3.67. The molecule has 2 rings (SSSR count). The number of aliphatic hydroxyl groups is 1. The summed E-state index contributed by atoms with van der Waals surface area (Å²) in [6, 6.07) is 3.90. The van der Waals surface area contributed by atoms with Crippen molar-refractivity contribution in [3.8, 4) is 0 Å². The molecule has 2 heterocycles. The highest BCUT2D eigenvalue weighted by atomic mass is 16.3. The lowest BCUT2D eigenvalue weighted by Gasteiger charge is -2.02. The van der Waals surface area contributed by atoms with Gasteiger partial charge in [-0.25, -0.2) is 4.52 Å². The Kier molecular flexibility index (Phi) is 2.55. The minimum absolute atomic E-state index is 0.404. The van der Waals surface area contributed by atoms with E-state index >= 15 is 0 Å². The summed E-state index contributed by atoms with van der Waals surface area (Å²) in [5.74, 6) is 0.543. The summed E-state index contributed by atoms with van der Waals surface area (Å²) in [5.41, 5.74) is 1.93. The van der Waals surface area contributed by atoms with Crippen molar-refractivity contribution < 1.29 is 5.11 Å². The molecular formula is C10H14N4O. The summed E-state index contributed by atoms with van der Waals surface area (Å²) in [7, 11) is 0. The maximum Gasteiger partial charge on any atom is 0.243 e. The minimum atomic E-state index is -0.404. The fourth-order valence-electron chi connectivity index (χ4n) is 1.30. The smallest absolute Gasteiger partial charge is 0.243 e. The normalized spacial score (nSPS) is 13.0. The third-order valence-corrected chi connectivity index (χ3v) is 2.03. The predicted octanol–water partition coefficient (Wildman–Crippen LogP) is 0.830. The first kappa shape index (κ1) is 9.92. The fraction of sp³-hybridized carbons (Fsp3) is 0.400. The van der Waals surface area contributed by atoms with Crippen molar-refractivity contribution in [1.29, 1.82) is 0 Å². The monoisotopic (exact) mass is 206 g/mol. The van der Waals surface area contributed by atoms with Gasteiger partial charge >= 0.3 is 0 Å². The average molecular weight is 206 g/mol. The van der Waals surface area contributed by atoms with Crippen LogP contribution < -0.4 is 5.32 Å². The van der Waals surface area contributed by atoms with Gasteiger partial charge in [-0.15, -0.1) is 5.10 Å². The number of nitrogens with zero attached hydrogens (tertiary/aromatic N) is 3. The van der Waals surface area contributed by atoms with Crippen LogP contribution in [0.1, 0.15) is 12.5 Å². The Morgan fingerprint density at radius 3 is 3.07 bits per heavy atom. The molecule has 0 spiro atoms. The number of fused-ring (bicyclic) bond motifs is 1. The van der Waals surface area contributed by atoms with Crippen molar-refractivity contribution in [2.75, 3.05) is 11.9 Å². The average Bonchev–Trinajstić information content (AvgIpc) is 2.56. The maximum atomic E-state index is 9.11. The Balaban J connectivity index is 2.23. The summed E-state index contributed by atoms with van der Waals surface area (Å²) in [6.07, 6.45) is 1.51. The molecule has 0 fully saturated rings. The van der Waals surface area contributed by atoms with Gasteiger partial charge in [0.1, 0.15) is 0 Å². The van der Waals surface area contributed by atoms with Crippen LogP contribution in [-0.2, 0) is 0 Å². The molecule has 0 aliphatic heterocycles. The quantitative estimate of drug-likeness (QED) is 0.780. The van der Waals surface area contributed by atoms with Crippen LogP contribution in [0.15, 0.2) is 18.3 Å². The number of rotatable bonds is 3. The van der Waals surface area contributed by atoms with E-state index in [0.717, 1.165) is 11.2 Å². The molecule has 0 bridgehead atoms. The van der Waals surface area contributed by atoms with Crippen LogP contribution in [-0.4, -0.2) is 32.4 Å². The standard InChI is InChI=1S/C10H14N4O/c1-7-3-4-9-12-10(11-5-8(2)15)13-14(9)6-7/h3-4,6,8,15H,5H2,1-2H3,(H,11,13). The number of hydrogen-bond donors (Lipinski definition) is 2. The van der Waals surface area contributed by atoms with Crippen molar-refractivity contribution in [3.05, 3.63) is 23.9 Å². The molecule has 80 valence electrons. The first-order valence-electron chi connectivity index (χ1n) is 4.90. The van der Waals surface area contributed by atoms with Gasteiger partial charge in [0.2, 0.25) is 5.95 Å². The lowest BCUT2D eigenvalue weighted by Crippen LogP contribution is -2.16. The Morgan fingerprint density at radius 1 is 1.53 bits per heavy atom. The van der Waals surface area contributed by atoms with Gasteiger partial charge < -0.3 is 10.4 Å². The first-order chi connectivity index (χ1) is 7.15. The van der Waals surface area contributed by atoms with E-state index in [1.807, 2.05) is 25.3 Å². The largest absolute Gasteiger partial charge is 0.392 e. The molecule has 0 amide bonds. The molecule has 0 radical (unpaired) electrons. The molecule has 0 aliphatic carbocycles. The highest BCUT2D eigenvalue weighted by Gasteiger charge is 2.03. The van der Waals surface area contributed by atoms with Gasteiger partial charge in [0.05, 0.1) is 6.10 Å². The number of anilines is 1. The Hall–Kier alpha value is -1.62. The van der Waals surface area contributed by atoms with Crippen molar-refractivity contribution >= 4 is 11.6 Å². The first-order valence-corrected chi connectivity index (χ1v) is 4.90. The molecule has 1 unspecified atom stereocenters. The number of aliphatic hydroxyl groups excluding tert-OH is 1.